The molecule has 0 saturated heterocycles. The molecule has 0 saturated carbocycles. The van der Waals surface area contributed by atoms with E-state index in [9.17, 15) is 0 Å². The van der Waals surface area contributed by atoms with Gasteiger partial charge in [0.05, 0.1) is 3.79 Å². The highest BCUT2D eigenvalue weighted by Crippen LogP contribution is 2.28. The normalized spacial score (nSPS) is 12.4. The van der Waals surface area contributed by atoms with Crippen LogP contribution in [0.3, 0.4) is 0 Å². The Labute approximate surface area is 105 Å². The molecule has 0 aromatic carbocycles. The third-order valence-corrected chi connectivity index (χ3v) is 3.89. The van der Waals surface area contributed by atoms with Crippen LogP contribution >= 0.6 is 27.3 Å². The Bertz CT molecular complexity index is 304. The highest BCUT2D eigenvalue weighted by molar-refractivity contribution is 9.11. The highest BCUT2D eigenvalue weighted by atomic mass is 79.9. The van der Waals surface area contributed by atoms with E-state index < -0.39 is 0 Å². The van der Waals surface area contributed by atoms with E-state index in [1.54, 1.807) is 0 Å². The molecule has 1 nitrogen and oxygen atoms in total. The van der Waals surface area contributed by atoms with Gasteiger partial charge in [-0.3, -0.25) is 0 Å². The Morgan fingerprint density at radius 2 is 2.07 bits per heavy atom. The molecule has 1 N–H and O–H groups in total. The van der Waals surface area contributed by atoms with Crippen LogP contribution in [-0.2, 0) is 6.42 Å². The molecule has 0 aliphatic heterocycles. The fraction of sp³-hybridized carbons (Fsp3) is 0.667. The molecule has 0 atom stereocenters. The molecule has 0 radical (unpaired) electrons. The molecular weight excluding hydrogens is 270 g/mol. The van der Waals surface area contributed by atoms with Crippen LogP contribution in [0.25, 0.3) is 0 Å². The first-order valence-electron chi connectivity index (χ1n) is 5.37. The number of halogens is 1. The van der Waals surface area contributed by atoms with Crippen molar-refractivity contribution in [3.63, 3.8) is 0 Å². The van der Waals surface area contributed by atoms with E-state index in [0.29, 0.717) is 11.5 Å². The van der Waals surface area contributed by atoms with Gasteiger partial charge in [0.2, 0.25) is 0 Å². The van der Waals surface area contributed by atoms with Crippen LogP contribution in [0, 0.1) is 5.41 Å². The summed E-state index contributed by atoms with van der Waals surface area (Å²) in [5.41, 5.74) is 0.328. The molecule has 86 valence electrons. The van der Waals surface area contributed by atoms with Gasteiger partial charge in [0.25, 0.3) is 0 Å². The molecule has 1 rings (SSSR count). The van der Waals surface area contributed by atoms with Crippen LogP contribution < -0.4 is 5.32 Å². The van der Waals surface area contributed by atoms with Crippen molar-refractivity contribution in [3.8, 4) is 0 Å². The summed E-state index contributed by atoms with van der Waals surface area (Å²) in [6, 6.07) is 4.91. The predicted molar refractivity (Wildman–Crippen MR) is 72.6 cm³/mol. The molecule has 0 bridgehead atoms. The molecule has 0 unspecified atom stereocenters. The Balaban J connectivity index is 2.48. The molecular formula is C12H20BrNS. The third-order valence-electron chi connectivity index (χ3n) is 2.27. The van der Waals surface area contributed by atoms with Crippen molar-refractivity contribution in [2.45, 2.75) is 40.2 Å². The van der Waals surface area contributed by atoms with E-state index in [4.69, 9.17) is 0 Å². The van der Waals surface area contributed by atoms with Crippen LogP contribution in [0.4, 0.5) is 0 Å². The van der Waals surface area contributed by atoms with Crippen molar-refractivity contribution < 1.29 is 0 Å². The first-order valence-corrected chi connectivity index (χ1v) is 6.97. The maximum atomic E-state index is 3.51. The standard InChI is InChI=1S/C12H20BrNS/c1-9(2)14-8-12(3,4)7-10-5-6-11(13)15-10/h5-6,9,14H,7-8H2,1-4H3. The largest absolute Gasteiger partial charge is 0.314 e. The maximum Gasteiger partial charge on any atom is 0.0701 e. The molecule has 0 aliphatic carbocycles. The number of thiophene rings is 1. The van der Waals surface area contributed by atoms with Crippen molar-refractivity contribution >= 4 is 27.3 Å². The minimum atomic E-state index is 0.328. The van der Waals surface area contributed by atoms with E-state index >= 15 is 0 Å². The van der Waals surface area contributed by atoms with Crippen LogP contribution in [-0.4, -0.2) is 12.6 Å². The van der Waals surface area contributed by atoms with Crippen LogP contribution in [0.15, 0.2) is 15.9 Å². The SMILES string of the molecule is CC(C)NCC(C)(C)Cc1ccc(Br)s1. The van der Waals surface area contributed by atoms with E-state index in [1.807, 2.05) is 11.3 Å². The van der Waals surface area contributed by atoms with Gasteiger partial charge >= 0.3 is 0 Å². The van der Waals surface area contributed by atoms with Gasteiger partial charge in [-0.2, -0.15) is 0 Å². The molecule has 1 heterocycles. The van der Waals surface area contributed by atoms with Crippen molar-refractivity contribution in [3.05, 3.63) is 20.8 Å². The van der Waals surface area contributed by atoms with E-state index in [-0.39, 0.29) is 0 Å². The monoisotopic (exact) mass is 289 g/mol. The number of hydrogen-bond acceptors (Lipinski definition) is 2. The van der Waals surface area contributed by atoms with E-state index in [0.717, 1.165) is 13.0 Å². The maximum absolute atomic E-state index is 3.51. The highest BCUT2D eigenvalue weighted by Gasteiger charge is 2.19. The van der Waals surface area contributed by atoms with Gasteiger partial charge in [-0.05, 0) is 39.9 Å². The second-order valence-electron chi connectivity index (χ2n) is 5.08. The van der Waals surface area contributed by atoms with Crippen molar-refractivity contribution in [1.82, 2.24) is 5.32 Å². The average Bonchev–Trinajstić information content (AvgIpc) is 2.47. The zero-order valence-corrected chi connectivity index (χ0v) is 12.3. The fourth-order valence-corrected chi connectivity index (χ4v) is 3.20. The third kappa shape index (κ3) is 5.14. The summed E-state index contributed by atoms with van der Waals surface area (Å²) in [4.78, 5) is 1.46. The summed E-state index contributed by atoms with van der Waals surface area (Å²) in [5.74, 6) is 0. The van der Waals surface area contributed by atoms with E-state index in [1.165, 1.54) is 8.66 Å². The lowest BCUT2D eigenvalue weighted by atomic mass is 9.88. The van der Waals surface area contributed by atoms with Crippen molar-refractivity contribution in [2.24, 2.45) is 5.41 Å². The van der Waals surface area contributed by atoms with Gasteiger partial charge in [-0.25, -0.2) is 0 Å². The number of hydrogen-bond donors (Lipinski definition) is 1. The lowest BCUT2D eigenvalue weighted by molar-refractivity contribution is 0.328. The van der Waals surface area contributed by atoms with E-state index in [2.05, 4.69) is 61.1 Å². The number of nitrogens with one attached hydrogen (secondary N) is 1. The quantitative estimate of drug-likeness (QED) is 0.861. The first kappa shape index (κ1) is 13.2. The summed E-state index contributed by atoms with van der Waals surface area (Å²) >= 11 is 5.34. The Morgan fingerprint density at radius 1 is 1.40 bits per heavy atom. The molecule has 0 spiro atoms. The summed E-state index contributed by atoms with van der Waals surface area (Å²) < 4.78 is 1.23. The molecule has 0 aliphatic rings. The second-order valence-corrected chi connectivity index (χ2v) is 7.63. The Morgan fingerprint density at radius 3 is 2.53 bits per heavy atom. The zero-order valence-electron chi connectivity index (χ0n) is 9.93. The average molecular weight is 290 g/mol. The van der Waals surface area contributed by atoms with Gasteiger partial charge < -0.3 is 5.32 Å². The second kappa shape index (κ2) is 5.46. The van der Waals surface area contributed by atoms with Crippen molar-refractivity contribution in [1.29, 1.82) is 0 Å². The Kier molecular flexibility index (Phi) is 4.81. The van der Waals surface area contributed by atoms with Crippen LogP contribution in [0.5, 0.6) is 0 Å². The van der Waals surface area contributed by atoms with Gasteiger partial charge in [-0.1, -0.05) is 27.7 Å². The van der Waals surface area contributed by atoms with Gasteiger partial charge in [0.1, 0.15) is 0 Å². The summed E-state index contributed by atoms with van der Waals surface area (Å²) in [6.07, 6.45) is 1.14. The van der Waals surface area contributed by atoms with Gasteiger partial charge in [-0.15, -0.1) is 11.3 Å². The lowest BCUT2D eigenvalue weighted by Crippen LogP contribution is -2.35. The van der Waals surface area contributed by atoms with Gasteiger partial charge in [0, 0.05) is 17.5 Å². The summed E-state index contributed by atoms with van der Waals surface area (Å²) in [6.45, 7) is 10.1. The van der Waals surface area contributed by atoms with Crippen molar-refractivity contribution in [2.75, 3.05) is 6.54 Å². The number of rotatable bonds is 5. The zero-order chi connectivity index (χ0) is 11.5. The molecule has 15 heavy (non-hydrogen) atoms. The molecule has 3 heteroatoms. The smallest absolute Gasteiger partial charge is 0.0701 e. The first-order chi connectivity index (χ1) is 6.89. The predicted octanol–water partition coefficient (Wildman–Crippen LogP) is 4.08. The van der Waals surface area contributed by atoms with Crippen LogP contribution in [0.2, 0.25) is 0 Å². The fourth-order valence-electron chi connectivity index (χ4n) is 1.46. The molecule has 0 amide bonds. The molecule has 1 aromatic heterocycles. The summed E-state index contributed by atoms with van der Waals surface area (Å²) in [5, 5.41) is 3.51. The minimum absolute atomic E-state index is 0.328. The Hall–Kier alpha value is 0.140. The molecule has 1 aromatic rings. The summed E-state index contributed by atoms with van der Waals surface area (Å²) in [7, 11) is 0. The topological polar surface area (TPSA) is 12.0 Å². The lowest BCUT2D eigenvalue weighted by Gasteiger charge is -2.25. The minimum Gasteiger partial charge on any atom is -0.314 e. The van der Waals surface area contributed by atoms with Crippen LogP contribution in [0.1, 0.15) is 32.6 Å². The van der Waals surface area contributed by atoms with Gasteiger partial charge in [0.15, 0.2) is 0 Å². The molecule has 0 fully saturated rings.